The highest BCUT2D eigenvalue weighted by molar-refractivity contribution is 7.47. The second kappa shape index (κ2) is 73.1. The van der Waals surface area contributed by atoms with Crippen LogP contribution in [0.5, 0.6) is 0 Å². The number of rotatable bonds is 64. The molecule has 0 aromatic heterocycles. The summed E-state index contributed by atoms with van der Waals surface area (Å²) in [6, 6.07) is 0. The third kappa shape index (κ3) is 76.8. The lowest BCUT2D eigenvalue weighted by molar-refractivity contribution is -0.870. The highest BCUT2D eigenvalue weighted by Gasteiger charge is 2.27. The molecule has 0 bridgehead atoms. The van der Waals surface area contributed by atoms with Crippen molar-refractivity contribution in [1.82, 2.24) is 0 Å². The first kappa shape index (κ1) is 89.8. The summed E-state index contributed by atoms with van der Waals surface area (Å²) in [4.78, 5) is 35.9. The molecule has 0 saturated carbocycles. The van der Waals surface area contributed by atoms with E-state index in [0.29, 0.717) is 23.9 Å². The van der Waals surface area contributed by atoms with Gasteiger partial charge in [-0.25, -0.2) is 4.57 Å². The van der Waals surface area contributed by atoms with Crippen LogP contribution in [0.3, 0.4) is 0 Å². The van der Waals surface area contributed by atoms with Gasteiger partial charge in [-0.05, 0) is 167 Å². The maximum Gasteiger partial charge on any atom is 0.472 e. The number of ether oxygens (including phenoxy) is 2. The molecule has 0 saturated heterocycles. The Bertz CT molecular complexity index is 2520. The van der Waals surface area contributed by atoms with Crippen molar-refractivity contribution in [2.24, 2.45) is 0 Å². The molecule has 0 aromatic rings. The normalized spacial score (nSPS) is 14.5. The number of allylic oxidation sites excluding steroid dienone is 40. The van der Waals surface area contributed by atoms with Gasteiger partial charge >= 0.3 is 19.8 Å². The first-order chi connectivity index (χ1) is 47.0. The highest BCUT2D eigenvalue weighted by Crippen LogP contribution is 2.43. The summed E-state index contributed by atoms with van der Waals surface area (Å²) in [6.07, 6.45) is 120. The van der Waals surface area contributed by atoms with Crippen molar-refractivity contribution in [3.8, 4) is 0 Å². The average molecular weight is 1340 g/mol. The Labute approximate surface area is 587 Å². The summed E-state index contributed by atoms with van der Waals surface area (Å²) < 4.78 is 34.7. The zero-order chi connectivity index (χ0) is 69.7. The molecule has 0 rings (SSSR count). The van der Waals surface area contributed by atoms with Crippen LogP contribution in [0.15, 0.2) is 243 Å². The maximum absolute atomic E-state index is 12.9. The number of likely N-dealkylation sites (N-methyl/N-ethyl adjacent to an activating group) is 1. The Morgan fingerprint density at radius 1 is 0.323 bits per heavy atom. The molecule has 0 aromatic carbocycles. The molecule has 2 atom stereocenters. The Kier molecular flexibility index (Phi) is 68.4. The first-order valence-corrected chi connectivity index (χ1v) is 38.3. The van der Waals surface area contributed by atoms with Gasteiger partial charge in [-0.15, -0.1) is 0 Å². The fourth-order valence-corrected chi connectivity index (χ4v) is 9.58. The van der Waals surface area contributed by atoms with Gasteiger partial charge in [-0.2, -0.15) is 0 Å². The van der Waals surface area contributed by atoms with Gasteiger partial charge < -0.3 is 18.9 Å². The van der Waals surface area contributed by atoms with E-state index in [9.17, 15) is 19.0 Å². The van der Waals surface area contributed by atoms with Crippen LogP contribution in [-0.4, -0.2) is 74.9 Å². The van der Waals surface area contributed by atoms with E-state index >= 15 is 0 Å². The summed E-state index contributed by atoms with van der Waals surface area (Å²) in [7, 11) is 1.41. The van der Waals surface area contributed by atoms with Crippen LogP contribution < -0.4 is 0 Å². The molecule has 0 spiro atoms. The van der Waals surface area contributed by atoms with Crippen molar-refractivity contribution in [2.45, 2.75) is 238 Å². The molecule has 0 amide bonds. The smallest absolute Gasteiger partial charge is 0.462 e. The van der Waals surface area contributed by atoms with E-state index in [4.69, 9.17) is 18.5 Å². The Hall–Kier alpha value is -6.19. The number of quaternary nitrogens is 1. The number of nitrogens with zero attached hydrogens (tertiary/aromatic N) is 1. The van der Waals surface area contributed by atoms with Crippen LogP contribution in [-0.2, 0) is 32.7 Å². The van der Waals surface area contributed by atoms with E-state index in [1.807, 2.05) is 21.1 Å². The van der Waals surface area contributed by atoms with Crippen molar-refractivity contribution in [2.75, 3.05) is 47.5 Å². The molecule has 0 heterocycles. The van der Waals surface area contributed by atoms with Gasteiger partial charge in [0.05, 0.1) is 27.7 Å². The second-order valence-electron chi connectivity index (χ2n) is 24.5. The van der Waals surface area contributed by atoms with E-state index < -0.39 is 32.5 Å². The lowest BCUT2D eigenvalue weighted by atomic mass is 10.1. The van der Waals surface area contributed by atoms with Crippen LogP contribution in [0.25, 0.3) is 0 Å². The van der Waals surface area contributed by atoms with Gasteiger partial charge in [0, 0.05) is 12.8 Å². The van der Waals surface area contributed by atoms with E-state index in [1.54, 1.807) is 0 Å². The van der Waals surface area contributed by atoms with Gasteiger partial charge in [0.2, 0.25) is 0 Å². The molecular weight excluding hydrogens is 1210 g/mol. The maximum atomic E-state index is 12.9. The Morgan fingerprint density at radius 2 is 0.562 bits per heavy atom. The van der Waals surface area contributed by atoms with Crippen LogP contribution in [0.2, 0.25) is 0 Å². The monoisotopic (exact) mass is 1340 g/mol. The predicted octanol–water partition coefficient (Wildman–Crippen LogP) is 24.7. The zero-order valence-corrected chi connectivity index (χ0v) is 61.6. The SMILES string of the molecule is CC/C=C\C/C=C\C/C=C\C/C=C\C/C=C\C/C=C\C/C=C\C/C=C\C/C=C\C/C=C\C/C=C\C/C=C\CCCCCCC(=O)OC(COC(=O)CCCCCCCC/C=C\C/C=C\C/C=C\C/C=C\C/C=C\C/C=C\C/C=C\C/C=C\CC)COP(=O)(O)OCC[N+](C)(C)C. The van der Waals surface area contributed by atoms with E-state index in [0.717, 1.165) is 193 Å². The summed E-state index contributed by atoms with van der Waals surface area (Å²) in [5, 5.41) is 0. The minimum atomic E-state index is -4.42. The van der Waals surface area contributed by atoms with Crippen LogP contribution in [0.4, 0.5) is 0 Å². The van der Waals surface area contributed by atoms with E-state index in [-0.39, 0.29) is 26.1 Å². The molecule has 9 nitrogen and oxygen atoms in total. The second-order valence-corrected chi connectivity index (χ2v) is 26.0. The van der Waals surface area contributed by atoms with Crippen LogP contribution in [0.1, 0.15) is 232 Å². The van der Waals surface area contributed by atoms with E-state index in [1.165, 1.54) is 0 Å². The third-order valence-corrected chi connectivity index (χ3v) is 15.4. The molecule has 10 heteroatoms. The lowest BCUT2D eigenvalue weighted by Crippen LogP contribution is -2.37. The van der Waals surface area contributed by atoms with Crippen LogP contribution in [0, 0.1) is 0 Å². The minimum Gasteiger partial charge on any atom is -0.462 e. The zero-order valence-electron chi connectivity index (χ0n) is 60.7. The van der Waals surface area contributed by atoms with Gasteiger partial charge in [0.1, 0.15) is 19.8 Å². The largest absolute Gasteiger partial charge is 0.472 e. The van der Waals surface area contributed by atoms with Crippen molar-refractivity contribution >= 4 is 19.8 Å². The summed E-state index contributed by atoms with van der Waals surface area (Å²) >= 11 is 0. The highest BCUT2D eigenvalue weighted by atomic mass is 31.2. The summed E-state index contributed by atoms with van der Waals surface area (Å²) in [5.41, 5.74) is 0. The molecule has 2 unspecified atom stereocenters. The fourth-order valence-electron chi connectivity index (χ4n) is 8.83. The number of carbonyl (C=O) groups excluding carboxylic acids is 2. The van der Waals surface area contributed by atoms with Gasteiger partial charge in [-0.1, -0.05) is 295 Å². The van der Waals surface area contributed by atoms with Crippen LogP contribution >= 0.6 is 7.82 Å². The Morgan fingerprint density at radius 3 is 0.833 bits per heavy atom. The molecule has 0 aliphatic heterocycles. The summed E-state index contributed by atoms with van der Waals surface area (Å²) in [6.45, 7) is 4.12. The molecule has 0 radical (unpaired) electrons. The topological polar surface area (TPSA) is 108 Å². The summed E-state index contributed by atoms with van der Waals surface area (Å²) in [5.74, 6) is -0.864. The predicted molar refractivity (Wildman–Crippen MR) is 417 cm³/mol. The quantitative estimate of drug-likeness (QED) is 0.0211. The molecular formula is C86H133NO8P+. The van der Waals surface area contributed by atoms with Crippen molar-refractivity contribution in [3.63, 3.8) is 0 Å². The van der Waals surface area contributed by atoms with Crippen molar-refractivity contribution < 1.29 is 42.1 Å². The average Bonchev–Trinajstić information content (AvgIpc) is 2.54. The number of phosphoric ester groups is 1. The van der Waals surface area contributed by atoms with Gasteiger partial charge in [0.25, 0.3) is 0 Å². The molecule has 96 heavy (non-hydrogen) atoms. The van der Waals surface area contributed by atoms with Crippen molar-refractivity contribution in [3.05, 3.63) is 243 Å². The first-order valence-electron chi connectivity index (χ1n) is 36.8. The molecule has 0 aliphatic carbocycles. The number of phosphoric acid groups is 1. The fraction of sp³-hybridized carbons (Fsp3) is 0.512. The van der Waals surface area contributed by atoms with Crippen molar-refractivity contribution in [1.29, 1.82) is 0 Å². The third-order valence-electron chi connectivity index (χ3n) is 14.4. The van der Waals surface area contributed by atoms with Gasteiger partial charge in [0.15, 0.2) is 6.10 Å². The van der Waals surface area contributed by atoms with E-state index in [2.05, 4.69) is 257 Å². The lowest BCUT2D eigenvalue weighted by Gasteiger charge is -2.24. The number of unbranched alkanes of at least 4 members (excludes halogenated alkanes) is 10. The number of esters is 2. The number of hydrogen-bond acceptors (Lipinski definition) is 7. The van der Waals surface area contributed by atoms with Gasteiger partial charge in [-0.3, -0.25) is 18.6 Å². The number of carbonyl (C=O) groups is 2. The molecule has 0 fully saturated rings. The minimum absolute atomic E-state index is 0.00940. The number of hydrogen-bond donors (Lipinski definition) is 1. The molecule has 0 aliphatic rings. The molecule has 1 N–H and O–H groups in total. The molecule has 534 valence electrons. The standard InChI is InChI=1S/C86H132NO8P/c1-6-8-10-12-14-16-18-20-22-24-26-28-30-32-34-36-38-39-40-41-42-43-44-45-46-47-49-51-53-55-57-59-61-63-65-67-69-71-73-75-77-79-86(89)95-84(83-94-96(90,91)93-81-80-87(3,4)5)82-92-85(88)78-76-74-72-70-68-66-64-62-60-58-56-54-52-50-48-37-35-33-31-29-27-25-23-21-19-17-15-13-11-9-7-2/h8-11,14-17,20-23,26-29,32-35,38-39,41-42,44-45,47-50,53-56,59-62,65,67,84H,6-7,12-13,18-19,24-25,30-31,36-37,40,43,46,51-52,57-58,63-64,66,68-83H2,1-5H3/p+1/b10-8-,11-9-,16-14-,17-15-,22-20-,23-21-,28-26-,29-27-,34-32-,35-33-,39-38-,42-41-,45-44-,49-47-,50-48-,55-53-,56-54-,61-59-,62-60-,67-65-. The Balaban J connectivity index is 4.24.